The molecule has 2 aromatic carbocycles. The van der Waals surface area contributed by atoms with Crippen molar-refractivity contribution in [2.24, 2.45) is 0 Å². The Morgan fingerprint density at radius 3 is 2.49 bits per heavy atom. The summed E-state index contributed by atoms with van der Waals surface area (Å²) in [5, 5.41) is 3.44. The number of carbonyl (C=O) groups excluding carboxylic acids is 1. The number of rotatable bonds is 4. The number of amides is 1. The van der Waals surface area contributed by atoms with Crippen LogP contribution in [0.15, 0.2) is 48.5 Å². The van der Waals surface area contributed by atoms with Crippen molar-refractivity contribution in [1.29, 1.82) is 0 Å². The lowest BCUT2D eigenvalue weighted by Crippen LogP contribution is -2.48. The molecule has 190 valence electrons. The van der Waals surface area contributed by atoms with Crippen LogP contribution in [0, 0.1) is 0 Å². The van der Waals surface area contributed by atoms with Gasteiger partial charge in [0, 0.05) is 24.2 Å². The van der Waals surface area contributed by atoms with Crippen molar-refractivity contribution in [2.45, 2.75) is 49.4 Å². The highest BCUT2D eigenvalue weighted by Gasteiger charge is 2.49. The Bertz CT molecular complexity index is 1060. The Hall–Kier alpha value is -2.79. The van der Waals surface area contributed by atoms with Gasteiger partial charge in [0.1, 0.15) is 5.75 Å². The van der Waals surface area contributed by atoms with Crippen molar-refractivity contribution in [1.82, 2.24) is 5.32 Å². The van der Waals surface area contributed by atoms with Crippen molar-refractivity contribution < 1.29 is 40.6 Å². The Kier molecular flexibility index (Phi) is 6.76. The Labute approximate surface area is 198 Å². The number of piperidine rings is 1. The summed E-state index contributed by atoms with van der Waals surface area (Å²) >= 11 is 0. The molecule has 4 rings (SSSR count). The maximum absolute atomic E-state index is 13.1. The van der Waals surface area contributed by atoms with Gasteiger partial charge in [0.2, 0.25) is 0 Å². The summed E-state index contributed by atoms with van der Waals surface area (Å²) in [6.07, 6.45) is -8.34. The van der Waals surface area contributed by atoms with E-state index in [2.05, 4.69) is 10.1 Å². The van der Waals surface area contributed by atoms with E-state index in [1.54, 1.807) is 0 Å². The molecule has 3 atom stereocenters. The van der Waals surface area contributed by atoms with Crippen LogP contribution in [0.5, 0.6) is 5.75 Å². The van der Waals surface area contributed by atoms with Gasteiger partial charge >= 0.3 is 18.4 Å². The summed E-state index contributed by atoms with van der Waals surface area (Å²) in [6.45, 7) is 0.803. The summed E-state index contributed by atoms with van der Waals surface area (Å²) in [5.74, 6) is -3.25. The van der Waals surface area contributed by atoms with E-state index in [1.807, 2.05) is 30.3 Å². The molecule has 35 heavy (non-hydrogen) atoms. The molecule has 2 aliphatic rings. The molecule has 5 nitrogen and oxygen atoms in total. The fourth-order valence-corrected chi connectivity index (χ4v) is 5.00. The SMILES string of the molecule is CN(C(=O)C(F)(F)F)c1ccc(OC(F)(F)F)c(C2COC3(CCCNC3c3ccccc3)C2)c1. The molecule has 1 amide bonds. The monoisotopic (exact) mass is 502 g/mol. The summed E-state index contributed by atoms with van der Waals surface area (Å²) in [6, 6.07) is 12.4. The van der Waals surface area contributed by atoms with E-state index in [0.29, 0.717) is 17.7 Å². The second-order valence-corrected chi connectivity index (χ2v) is 8.81. The fourth-order valence-electron chi connectivity index (χ4n) is 5.00. The molecule has 2 heterocycles. The number of nitrogens with zero attached hydrogens (tertiary/aromatic N) is 1. The summed E-state index contributed by atoms with van der Waals surface area (Å²) in [7, 11) is 0.919. The maximum Gasteiger partial charge on any atom is 0.573 e. The fraction of sp³-hybridized carbons (Fsp3) is 0.458. The first-order chi connectivity index (χ1) is 16.4. The van der Waals surface area contributed by atoms with E-state index < -0.39 is 35.7 Å². The van der Waals surface area contributed by atoms with Gasteiger partial charge < -0.3 is 19.7 Å². The molecule has 0 saturated carbocycles. The third kappa shape index (κ3) is 5.40. The van der Waals surface area contributed by atoms with Crippen molar-refractivity contribution >= 4 is 11.6 Å². The van der Waals surface area contributed by atoms with E-state index in [1.165, 1.54) is 0 Å². The topological polar surface area (TPSA) is 50.8 Å². The maximum atomic E-state index is 13.1. The van der Waals surface area contributed by atoms with Crippen LogP contribution < -0.4 is 15.0 Å². The average Bonchev–Trinajstić information content (AvgIpc) is 3.21. The predicted molar refractivity (Wildman–Crippen MR) is 115 cm³/mol. The lowest BCUT2D eigenvalue weighted by atomic mass is 9.77. The minimum atomic E-state index is -5.13. The first-order valence-corrected chi connectivity index (χ1v) is 11.1. The normalized spacial score (nSPS) is 25.0. The van der Waals surface area contributed by atoms with E-state index in [0.717, 1.165) is 43.8 Å². The molecule has 2 aromatic rings. The summed E-state index contributed by atoms with van der Waals surface area (Å²) in [4.78, 5) is 12.1. The molecule has 2 fully saturated rings. The second-order valence-electron chi connectivity index (χ2n) is 8.81. The number of hydrogen-bond acceptors (Lipinski definition) is 4. The van der Waals surface area contributed by atoms with Crippen LogP contribution in [0.1, 0.15) is 42.3 Å². The molecule has 2 aliphatic heterocycles. The molecule has 3 unspecified atom stereocenters. The Morgan fingerprint density at radius 1 is 1.11 bits per heavy atom. The van der Waals surface area contributed by atoms with Crippen molar-refractivity contribution in [3.63, 3.8) is 0 Å². The number of halogens is 6. The van der Waals surface area contributed by atoms with Gasteiger partial charge in [-0.3, -0.25) is 4.79 Å². The van der Waals surface area contributed by atoms with Gasteiger partial charge in [-0.05, 0) is 49.6 Å². The zero-order valence-electron chi connectivity index (χ0n) is 18.7. The van der Waals surface area contributed by atoms with Gasteiger partial charge in [0.05, 0.1) is 18.2 Å². The lowest BCUT2D eigenvalue weighted by molar-refractivity contribution is -0.275. The standard InChI is InChI=1S/C24H24F6N2O3/c1-32(21(33)23(25,26)27)17-8-9-19(35-24(28,29)30)18(12-17)16-13-22(34-14-16)10-5-11-31-20(22)15-6-3-2-4-7-15/h2-4,6-9,12,16,20,31H,5,10-11,13-14H2,1H3. The van der Waals surface area contributed by atoms with Gasteiger partial charge in [0.25, 0.3) is 0 Å². The van der Waals surface area contributed by atoms with Crippen LogP contribution in [0.2, 0.25) is 0 Å². The smallest absolute Gasteiger partial charge is 0.405 e. The second kappa shape index (κ2) is 9.34. The van der Waals surface area contributed by atoms with E-state index >= 15 is 0 Å². The average molecular weight is 502 g/mol. The largest absolute Gasteiger partial charge is 0.573 e. The van der Waals surface area contributed by atoms with E-state index in [9.17, 15) is 31.1 Å². The zero-order chi connectivity index (χ0) is 25.4. The number of anilines is 1. The number of nitrogens with one attached hydrogen (secondary N) is 1. The highest BCUT2D eigenvalue weighted by Crippen LogP contribution is 2.50. The van der Waals surface area contributed by atoms with Gasteiger partial charge in [-0.2, -0.15) is 13.2 Å². The Morgan fingerprint density at radius 2 is 1.83 bits per heavy atom. The molecule has 0 radical (unpaired) electrons. The highest BCUT2D eigenvalue weighted by atomic mass is 19.4. The minimum absolute atomic E-state index is 0.0379. The van der Waals surface area contributed by atoms with Gasteiger partial charge in [-0.25, -0.2) is 0 Å². The van der Waals surface area contributed by atoms with Crippen LogP contribution in [-0.2, 0) is 9.53 Å². The molecule has 0 bridgehead atoms. The van der Waals surface area contributed by atoms with Crippen LogP contribution in [0.25, 0.3) is 0 Å². The summed E-state index contributed by atoms with van der Waals surface area (Å²) in [5.41, 5.74) is 0.114. The highest BCUT2D eigenvalue weighted by molar-refractivity contribution is 5.97. The molecule has 1 N–H and O–H groups in total. The molecule has 1 spiro atoms. The molecule has 0 aliphatic carbocycles. The van der Waals surface area contributed by atoms with Gasteiger partial charge in [-0.1, -0.05) is 30.3 Å². The third-order valence-corrected chi connectivity index (χ3v) is 6.54. The number of carbonyl (C=O) groups is 1. The molecule has 11 heteroatoms. The van der Waals surface area contributed by atoms with Gasteiger partial charge in [0.15, 0.2) is 0 Å². The number of hydrogen-bond donors (Lipinski definition) is 1. The number of ether oxygens (including phenoxy) is 2. The third-order valence-electron chi connectivity index (χ3n) is 6.54. The number of benzene rings is 2. The van der Waals surface area contributed by atoms with Crippen LogP contribution in [0.3, 0.4) is 0 Å². The molecule has 0 aromatic heterocycles. The van der Waals surface area contributed by atoms with Crippen molar-refractivity contribution in [3.05, 3.63) is 59.7 Å². The van der Waals surface area contributed by atoms with Crippen LogP contribution >= 0.6 is 0 Å². The lowest BCUT2D eigenvalue weighted by Gasteiger charge is -2.41. The first kappa shape index (κ1) is 25.3. The summed E-state index contributed by atoms with van der Waals surface area (Å²) < 4.78 is 88.6. The molecule has 2 saturated heterocycles. The molecular formula is C24H24F6N2O3. The first-order valence-electron chi connectivity index (χ1n) is 11.1. The number of alkyl halides is 6. The van der Waals surface area contributed by atoms with Crippen LogP contribution in [0.4, 0.5) is 32.0 Å². The van der Waals surface area contributed by atoms with E-state index in [-0.39, 0.29) is 23.9 Å². The quantitative estimate of drug-likeness (QED) is 0.563. The van der Waals surface area contributed by atoms with Crippen molar-refractivity contribution in [3.8, 4) is 5.75 Å². The van der Waals surface area contributed by atoms with Crippen LogP contribution in [-0.4, -0.2) is 44.2 Å². The Balaban J connectivity index is 1.69. The van der Waals surface area contributed by atoms with Gasteiger partial charge in [-0.15, -0.1) is 13.2 Å². The predicted octanol–water partition coefficient (Wildman–Crippen LogP) is 5.48. The minimum Gasteiger partial charge on any atom is -0.405 e. The zero-order valence-corrected chi connectivity index (χ0v) is 18.7. The van der Waals surface area contributed by atoms with Crippen molar-refractivity contribution in [2.75, 3.05) is 25.1 Å². The van der Waals surface area contributed by atoms with E-state index in [4.69, 9.17) is 4.74 Å². The molecular weight excluding hydrogens is 478 g/mol.